The highest BCUT2D eigenvalue weighted by Gasteiger charge is 2.18. The number of esters is 1. The van der Waals surface area contributed by atoms with Gasteiger partial charge in [-0.2, -0.15) is 20.4 Å². The minimum Gasteiger partial charge on any atom is -0.426 e. The van der Waals surface area contributed by atoms with Crippen LogP contribution in [0.1, 0.15) is 121 Å². The van der Waals surface area contributed by atoms with Crippen LogP contribution in [0.5, 0.6) is 5.75 Å². The van der Waals surface area contributed by atoms with Crippen LogP contribution in [-0.4, -0.2) is 100 Å². The lowest BCUT2D eigenvalue weighted by atomic mass is 9.98. The molecule has 87 heavy (non-hydrogen) atoms. The van der Waals surface area contributed by atoms with Crippen LogP contribution in [0.4, 0.5) is 11.4 Å². The van der Waals surface area contributed by atoms with Crippen molar-refractivity contribution < 1.29 is 33.3 Å². The molecule has 8 aromatic heterocycles. The highest BCUT2D eigenvalue weighted by Crippen LogP contribution is 2.32. The molecule has 0 spiro atoms. The van der Waals surface area contributed by atoms with Gasteiger partial charge in [0.2, 0.25) is 0 Å². The largest absolute Gasteiger partial charge is 0.426 e. The van der Waals surface area contributed by atoms with Crippen molar-refractivity contribution in [3.63, 3.8) is 0 Å². The molecular weight excluding hydrogens is 1280 g/mol. The van der Waals surface area contributed by atoms with Gasteiger partial charge in [0.15, 0.2) is 11.6 Å². The van der Waals surface area contributed by atoms with Crippen LogP contribution in [0.15, 0.2) is 132 Å². The monoisotopic (exact) mass is 1350 g/mol. The molecule has 4 N–H and O–H groups in total. The lowest BCUT2D eigenvalue weighted by Crippen LogP contribution is -2.12. The average molecular weight is 1360 g/mol. The summed E-state index contributed by atoms with van der Waals surface area (Å²) in [6.45, 7) is 15.6. The van der Waals surface area contributed by atoms with Gasteiger partial charge in [-0.05, 0) is 158 Å². The van der Waals surface area contributed by atoms with Crippen molar-refractivity contribution in [2.24, 2.45) is 0 Å². The number of pyridine rings is 6. The van der Waals surface area contributed by atoms with Crippen LogP contribution in [-0.2, 0) is 47.8 Å². The van der Waals surface area contributed by atoms with Crippen LogP contribution in [0, 0.1) is 27.7 Å². The summed E-state index contributed by atoms with van der Waals surface area (Å²) in [4.78, 5) is 52.2. The number of halogens is 4. The molecule has 4 atom stereocenters. The molecule has 0 aliphatic carbocycles. The second kappa shape index (κ2) is 36.0. The standard InChI is InChI=1S/C19H20ClN5O2.C15H11ClN4O2.C9H13BrN2O.C9H12BrNO.C9H14N2O.CH4/c1-12-6-17(13(2)27-3)15(11-21-12)9-16(26)7-14-8-18(20)19(22-10-14)25-23-4-5-24-25;16-13-8-11(10-17-15(13)20-18-6-7-19-20)9-14(21)22-12-4-2-1-3-5-12;1-5-9(11)8(6(2)13-3)7(10)4-12-5;2*1-6-4-8(7(2)12-3)9(10)5-11-6;/h4-6,8,10-11,13H,7,9H2,1-3H3;1-8,10H,9H2;4,6H,11H2,1-3H3;4-5,7H,1-3H3;4-5,7H,10H2,1-3H3;1H4. The number of benzene rings is 1. The van der Waals surface area contributed by atoms with Gasteiger partial charge in [-0.15, -0.1) is 9.59 Å². The zero-order valence-electron chi connectivity index (χ0n) is 49.9. The summed E-state index contributed by atoms with van der Waals surface area (Å²) in [7, 11) is 6.68. The Morgan fingerprint density at radius 2 is 0.989 bits per heavy atom. The van der Waals surface area contributed by atoms with E-state index in [2.05, 4.69) is 82.2 Å². The van der Waals surface area contributed by atoms with Crippen LogP contribution < -0.4 is 16.2 Å². The number of hydrogen-bond donors (Lipinski definition) is 2. The zero-order valence-corrected chi connectivity index (χ0v) is 54.6. The third kappa shape index (κ3) is 22.0. The molecule has 0 aliphatic heterocycles. The van der Waals surface area contributed by atoms with Gasteiger partial charge in [-0.25, -0.2) is 9.97 Å². The van der Waals surface area contributed by atoms with Crippen molar-refractivity contribution in [1.82, 2.24) is 59.9 Å². The maximum absolute atomic E-state index is 12.6. The Balaban J connectivity index is 0.000000243. The molecule has 1 aromatic carbocycles. The van der Waals surface area contributed by atoms with E-state index < -0.39 is 0 Å². The second-order valence-corrected chi connectivity index (χ2v) is 21.7. The number of carbonyl (C=O) groups is 2. The van der Waals surface area contributed by atoms with Gasteiger partial charge in [0, 0.05) is 109 Å². The summed E-state index contributed by atoms with van der Waals surface area (Å²) < 4.78 is 28.1. The number of rotatable bonds is 17. The number of aromatic nitrogens is 12. The Bertz CT molecular complexity index is 3550. The predicted octanol–water partition coefficient (Wildman–Crippen LogP) is 13.2. The molecule has 0 fully saturated rings. The van der Waals surface area contributed by atoms with Gasteiger partial charge < -0.3 is 35.2 Å². The Hall–Kier alpha value is -7.48. The van der Waals surface area contributed by atoms with Crippen molar-refractivity contribution in [3.05, 3.63) is 203 Å². The first-order valence-electron chi connectivity index (χ1n) is 26.7. The number of anilines is 2. The van der Waals surface area contributed by atoms with Crippen molar-refractivity contribution in [2.75, 3.05) is 39.9 Å². The summed E-state index contributed by atoms with van der Waals surface area (Å²) in [5.41, 5.74) is 23.1. The summed E-state index contributed by atoms with van der Waals surface area (Å²) in [6, 6.07) is 18.2. The van der Waals surface area contributed by atoms with Crippen LogP contribution in [0.3, 0.4) is 0 Å². The topological polar surface area (TPSA) is 271 Å². The molecule has 0 bridgehead atoms. The maximum atomic E-state index is 12.6. The van der Waals surface area contributed by atoms with Crippen LogP contribution in [0.25, 0.3) is 11.6 Å². The summed E-state index contributed by atoms with van der Waals surface area (Å²) in [5.74, 6) is 1.01. The number of aryl methyl sites for hydroxylation is 4. The molecule has 0 saturated carbocycles. The van der Waals surface area contributed by atoms with Crippen LogP contribution in [0.2, 0.25) is 10.0 Å². The molecule has 462 valence electrons. The highest BCUT2D eigenvalue weighted by molar-refractivity contribution is 9.10. The van der Waals surface area contributed by atoms with Gasteiger partial charge in [0.05, 0.1) is 88.9 Å². The molecule has 0 aliphatic rings. The molecule has 21 nitrogen and oxygen atoms in total. The number of nitrogen functional groups attached to an aromatic ring is 2. The maximum Gasteiger partial charge on any atom is 0.315 e. The van der Waals surface area contributed by atoms with Crippen molar-refractivity contribution in [2.45, 2.75) is 106 Å². The van der Waals surface area contributed by atoms with E-state index in [1.54, 1.807) is 114 Å². The van der Waals surface area contributed by atoms with Crippen molar-refractivity contribution in [1.29, 1.82) is 0 Å². The average Bonchev–Trinajstić information content (AvgIpc) is 4.18. The number of methoxy groups -OCH3 is 4. The summed E-state index contributed by atoms with van der Waals surface area (Å²) in [5, 5.41) is 16.7. The number of nitrogens with zero attached hydrogens (tertiary/aromatic N) is 12. The predicted molar refractivity (Wildman–Crippen MR) is 345 cm³/mol. The smallest absolute Gasteiger partial charge is 0.315 e. The summed E-state index contributed by atoms with van der Waals surface area (Å²) >= 11 is 19.2. The Kier molecular flexibility index (Phi) is 29.8. The van der Waals surface area contributed by atoms with Gasteiger partial charge in [-0.3, -0.25) is 29.5 Å². The number of para-hydroxylation sites is 1. The summed E-state index contributed by atoms with van der Waals surface area (Å²) in [6.07, 6.45) is 16.9. The first-order valence-corrected chi connectivity index (χ1v) is 29.0. The number of ether oxygens (including phenoxy) is 5. The number of carbonyl (C=O) groups excluding carboxylic acids is 2. The molecule has 0 saturated heterocycles. The van der Waals surface area contributed by atoms with E-state index in [1.165, 1.54) is 22.0 Å². The number of nitrogens with two attached hydrogens (primary N) is 2. The Labute approximate surface area is 535 Å². The molecule has 9 rings (SSSR count). The minimum absolute atomic E-state index is 0. The molecule has 0 radical (unpaired) electrons. The first-order chi connectivity index (χ1) is 41.1. The van der Waals surface area contributed by atoms with E-state index in [1.807, 2.05) is 79.7 Å². The lowest BCUT2D eigenvalue weighted by Gasteiger charge is -2.15. The zero-order chi connectivity index (χ0) is 63.0. The fourth-order valence-electron chi connectivity index (χ4n) is 7.89. The highest BCUT2D eigenvalue weighted by atomic mass is 79.9. The van der Waals surface area contributed by atoms with E-state index in [-0.39, 0.29) is 62.9 Å². The normalized spacial score (nSPS) is 11.9. The Morgan fingerprint density at radius 1 is 0.540 bits per heavy atom. The van der Waals surface area contributed by atoms with E-state index in [4.69, 9.17) is 58.4 Å². The molecule has 8 heterocycles. The third-order valence-electron chi connectivity index (χ3n) is 12.8. The number of hydrogen-bond acceptors (Lipinski definition) is 19. The van der Waals surface area contributed by atoms with Crippen LogP contribution >= 0.6 is 55.1 Å². The lowest BCUT2D eigenvalue weighted by molar-refractivity contribution is -0.133. The fraction of sp³-hybridized carbons (Fsp3) is 0.323. The molecular formula is C62H74Br2Cl2N14O7. The molecule has 4 unspecified atom stereocenters. The number of ketones is 1. The molecule has 0 amide bonds. The van der Waals surface area contributed by atoms with Gasteiger partial charge in [0.25, 0.3) is 0 Å². The van der Waals surface area contributed by atoms with E-state index >= 15 is 0 Å². The molecule has 9 aromatic rings. The van der Waals surface area contributed by atoms with Gasteiger partial charge in [-0.1, -0.05) is 48.8 Å². The molecule has 25 heteroatoms. The van der Waals surface area contributed by atoms with Gasteiger partial charge in [0.1, 0.15) is 11.5 Å². The third-order valence-corrected chi connectivity index (χ3v) is 14.7. The van der Waals surface area contributed by atoms with E-state index in [9.17, 15) is 9.59 Å². The Morgan fingerprint density at radius 3 is 1.51 bits per heavy atom. The fourth-order valence-corrected chi connectivity index (χ4v) is 9.59. The SMILES string of the molecule is C.COC(C)c1c(Br)cnc(C)c1N.COC(C)c1cc(C)ncc1Br.COC(C)c1cc(C)ncc1CC(=O)Cc1cnc(-n2nccn2)c(Cl)c1.COC(C)c1cc(C)ncc1N.O=C(Cc1cnc(-n2nccn2)c(Cl)c1)Oc1ccccc1. The second-order valence-electron chi connectivity index (χ2n) is 19.1. The quantitative estimate of drug-likeness (QED) is 0.0633. The van der Waals surface area contributed by atoms with Crippen molar-refractivity contribution in [3.8, 4) is 17.4 Å². The van der Waals surface area contributed by atoms with Gasteiger partial charge >= 0.3 is 5.97 Å². The first kappa shape index (κ1) is 72.0. The van der Waals surface area contributed by atoms with Crippen molar-refractivity contribution >= 4 is 78.2 Å². The minimum atomic E-state index is -0.381. The number of Topliss-reactive ketones (excluding diaryl/α,β-unsaturated/α-hetero) is 1. The van der Waals surface area contributed by atoms with E-state index in [0.717, 1.165) is 65.1 Å². The van der Waals surface area contributed by atoms with E-state index in [0.29, 0.717) is 44.4 Å².